The minimum Gasteiger partial charge on any atom is -0.392 e. The van der Waals surface area contributed by atoms with E-state index in [1.54, 1.807) is 6.20 Å². The molecule has 0 aliphatic rings. The number of hydrogen-bond donors (Lipinski definition) is 2. The summed E-state index contributed by atoms with van der Waals surface area (Å²) >= 11 is 0. The number of nitrogens with one attached hydrogen (secondary N) is 1. The average molecular weight is 265 g/mol. The highest BCUT2D eigenvalue weighted by Gasteiger charge is 2.01. The number of nitrogens with zero attached hydrogens (tertiary/aromatic N) is 2. The van der Waals surface area contributed by atoms with Gasteiger partial charge in [0.2, 0.25) is 0 Å². The van der Waals surface area contributed by atoms with Gasteiger partial charge in [0, 0.05) is 11.1 Å². The second-order valence-electron chi connectivity index (χ2n) is 4.69. The fourth-order valence-corrected chi connectivity index (χ4v) is 2.03. The fraction of sp³-hybridized carbons (Fsp3) is 0.125. The standard InChI is InChI=1S/C16H15N3O/c1-11-2-5-14(9-17-11)18-16-7-4-13-8-12(10-20)3-6-15(13)19-16/h2-9,20H,10H2,1H3,(H,18,19). The first-order valence-electron chi connectivity index (χ1n) is 6.45. The number of hydrogen-bond acceptors (Lipinski definition) is 4. The van der Waals surface area contributed by atoms with Crippen molar-refractivity contribution in [1.29, 1.82) is 0 Å². The number of rotatable bonds is 3. The number of fused-ring (bicyclic) bond motifs is 1. The van der Waals surface area contributed by atoms with Gasteiger partial charge in [0.05, 0.1) is 24.0 Å². The van der Waals surface area contributed by atoms with Crippen LogP contribution in [0.2, 0.25) is 0 Å². The molecule has 0 radical (unpaired) electrons. The first-order chi connectivity index (χ1) is 9.74. The summed E-state index contributed by atoms with van der Waals surface area (Å²) in [5.74, 6) is 0.778. The maximum Gasteiger partial charge on any atom is 0.131 e. The van der Waals surface area contributed by atoms with Crippen molar-refractivity contribution >= 4 is 22.4 Å². The number of aromatic nitrogens is 2. The highest BCUT2D eigenvalue weighted by atomic mass is 16.3. The van der Waals surface area contributed by atoms with Crippen LogP contribution in [0.1, 0.15) is 11.3 Å². The van der Waals surface area contributed by atoms with Crippen LogP contribution in [0.4, 0.5) is 11.5 Å². The van der Waals surface area contributed by atoms with Crippen LogP contribution in [-0.2, 0) is 6.61 Å². The molecule has 20 heavy (non-hydrogen) atoms. The van der Waals surface area contributed by atoms with E-state index < -0.39 is 0 Å². The van der Waals surface area contributed by atoms with Crippen LogP contribution >= 0.6 is 0 Å². The van der Waals surface area contributed by atoms with Crippen molar-refractivity contribution in [1.82, 2.24) is 9.97 Å². The largest absolute Gasteiger partial charge is 0.392 e. The number of anilines is 2. The molecule has 0 aliphatic heterocycles. The van der Waals surface area contributed by atoms with Gasteiger partial charge in [-0.05, 0) is 48.9 Å². The van der Waals surface area contributed by atoms with Gasteiger partial charge in [-0.15, -0.1) is 0 Å². The van der Waals surface area contributed by atoms with Crippen LogP contribution in [0.15, 0.2) is 48.7 Å². The summed E-state index contributed by atoms with van der Waals surface area (Å²) in [7, 11) is 0. The molecule has 0 aliphatic carbocycles. The topological polar surface area (TPSA) is 58.0 Å². The number of aliphatic hydroxyl groups excluding tert-OH is 1. The molecule has 0 bridgehead atoms. The summed E-state index contributed by atoms with van der Waals surface area (Å²) in [6.45, 7) is 2.00. The molecule has 0 amide bonds. The molecule has 4 nitrogen and oxygen atoms in total. The Balaban J connectivity index is 1.90. The first kappa shape index (κ1) is 12.6. The van der Waals surface area contributed by atoms with E-state index in [-0.39, 0.29) is 6.61 Å². The summed E-state index contributed by atoms with van der Waals surface area (Å²) in [5, 5.41) is 13.4. The van der Waals surface area contributed by atoms with Crippen LogP contribution in [0.3, 0.4) is 0 Å². The molecule has 0 unspecified atom stereocenters. The summed E-state index contributed by atoms with van der Waals surface area (Å²) in [4.78, 5) is 8.79. The Kier molecular flexibility index (Phi) is 3.31. The highest BCUT2D eigenvalue weighted by molar-refractivity contribution is 5.81. The molecule has 2 N–H and O–H groups in total. The van der Waals surface area contributed by atoms with Crippen LogP contribution in [0, 0.1) is 6.92 Å². The molecule has 0 saturated carbocycles. The van der Waals surface area contributed by atoms with Crippen molar-refractivity contribution in [3.05, 3.63) is 59.9 Å². The third-order valence-corrected chi connectivity index (χ3v) is 3.12. The van der Waals surface area contributed by atoms with Crippen LogP contribution in [0.25, 0.3) is 10.9 Å². The van der Waals surface area contributed by atoms with Crippen LogP contribution in [0.5, 0.6) is 0 Å². The summed E-state index contributed by atoms with van der Waals surface area (Å²) in [6, 6.07) is 13.6. The van der Waals surface area contributed by atoms with Gasteiger partial charge < -0.3 is 10.4 Å². The second-order valence-corrected chi connectivity index (χ2v) is 4.69. The summed E-state index contributed by atoms with van der Waals surface area (Å²) in [5.41, 5.74) is 3.68. The lowest BCUT2D eigenvalue weighted by Crippen LogP contribution is -1.95. The molecule has 0 atom stereocenters. The monoisotopic (exact) mass is 265 g/mol. The van der Waals surface area contributed by atoms with Gasteiger partial charge in [0.25, 0.3) is 0 Å². The predicted molar refractivity (Wildman–Crippen MR) is 79.9 cm³/mol. The quantitative estimate of drug-likeness (QED) is 0.763. The van der Waals surface area contributed by atoms with E-state index in [1.807, 2.05) is 49.4 Å². The molecule has 1 aromatic carbocycles. The Hall–Kier alpha value is -2.46. The molecule has 2 aromatic heterocycles. The van der Waals surface area contributed by atoms with E-state index in [2.05, 4.69) is 15.3 Å². The lowest BCUT2D eigenvalue weighted by Gasteiger charge is -2.07. The third kappa shape index (κ3) is 2.60. The zero-order chi connectivity index (χ0) is 13.9. The van der Waals surface area contributed by atoms with Crippen molar-refractivity contribution in [2.45, 2.75) is 13.5 Å². The number of benzene rings is 1. The lowest BCUT2D eigenvalue weighted by molar-refractivity contribution is 0.282. The minimum absolute atomic E-state index is 0.0466. The molecule has 4 heteroatoms. The molecule has 100 valence electrons. The Bertz CT molecular complexity index is 738. The van der Waals surface area contributed by atoms with E-state index in [9.17, 15) is 0 Å². The van der Waals surface area contributed by atoms with Crippen molar-refractivity contribution in [3.8, 4) is 0 Å². The second kappa shape index (κ2) is 5.27. The van der Waals surface area contributed by atoms with Crippen molar-refractivity contribution < 1.29 is 5.11 Å². The van der Waals surface area contributed by atoms with E-state index in [4.69, 9.17) is 5.11 Å². The van der Waals surface area contributed by atoms with Crippen molar-refractivity contribution in [3.63, 3.8) is 0 Å². The molecule has 3 rings (SSSR count). The smallest absolute Gasteiger partial charge is 0.131 e. The van der Waals surface area contributed by atoms with E-state index in [0.717, 1.165) is 33.7 Å². The van der Waals surface area contributed by atoms with Gasteiger partial charge in [0.1, 0.15) is 5.82 Å². The molecular formula is C16H15N3O. The molecule has 0 saturated heterocycles. The fourth-order valence-electron chi connectivity index (χ4n) is 2.03. The highest BCUT2D eigenvalue weighted by Crippen LogP contribution is 2.19. The number of aliphatic hydroxyl groups is 1. The molecular weight excluding hydrogens is 250 g/mol. The third-order valence-electron chi connectivity index (χ3n) is 3.12. The Morgan fingerprint density at radius 1 is 1.10 bits per heavy atom. The van der Waals surface area contributed by atoms with Crippen molar-refractivity contribution in [2.24, 2.45) is 0 Å². The van der Waals surface area contributed by atoms with Gasteiger partial charge >= 0.3 is 0 Å². The molecule has 2 heterocycles. The molecule has 0 spiro atoms. The van der Waals surface area contributed by atoms with E-state index in [0.29, 0.717) is 0 Å². The Morgan fingerprint density at radius 2 is 2.00 bits per heavy atom. The molecule has 0 fully saturated rings. The normalized spacial score (nSPS) is 10.7. The Morgan fingerprint density at radius 3 is 2.75 bits per heavy atom. The lowest BCUT2D eigenvalue weighted by atomic mass is 10.1. The van der Waals surface area contributed by atoms with Crippen LogP contribution < -0.4 is 5.32 Å². The zero-order valence-corrected chi connectivity index (χ0v) is 11.2. The zero-order valence-electron chi connectivity index (χ0n) is 11.2. The van der Waals surface area contributed by atoms with E-state index in [1.165, 1.54) is 0 Å². The number of pyridine rings is 2. The number of aryl methyl sites for hydroxylation is 1. The summed E-state index contributed by atoms with van der Waals surface area (Å²) in [6.07, 6.45) is 1.79. The van der Waals surface area contributed by atoms with Gasteiger partial charge in [-0.2, -0.15) is 0 Å². The Labute approximate surface area is 117 Å². The summed E-state index contributed by atoms with van der Waals surface area (Å²) < 4.78 is 0. The maximum absolute atomic E-state index is 9.13. The SMILES string of the molecule is Cc1ccc(Nc2ccc3cc(CO)ccc3n2)cn1. The average Bonchev–Trinajstić information content (AvgIpc) is 2.49. The van der Waals surface area contributed by atoms with Gasteiger partial charge in [-0.3, -0.25) is 4.98 Å². The minimum atomic E-state index is 0.0466. The molecule has 3 aromatic rings. The van der Waals surface area contributed by atoms with E-state index >= 15 is 0 Å². The maximum atomic E-state index is 9.13. The first-order valence-corrected chi connectivity index (χ1v) is 6.45. The van der Waals surface area contributed by atoms with Gasteiger partial charge in [-0.1, -0.05) is 6.07 Å². The van der Waals surface area contributed by atoms with Gasteiger partial charge in [-0.25, -0.2) is 4.98 Å². The van der Waals surface area contributed by atoms with Crippen molar-refractivity contribution in [2.75, 3.05) is 5.32 Å². The van der Waals surface area contributed by atoms with Gasteiger partial charge in [0.15, 0.2) is 0 Å². The van der Waals surface area contributed by atoms with Crippen LogP contribution in [-0.4, -0.2) is 15.1 Å². The predicted octanol–water partition coefficient (Wildman–Crippen LogP) is 3.17.